The predicted octanol–water partition coefficient (Wildman–Crippen LogP) is 2.42. The molecule has 1 N–H and O–H groups in total. The van der Waals surface area contributed by atoms with E-state index in [4.69, 9.17) is 4.74 Å². The van der Waals surface area contributed by atoms with E-state index in [2.05, 4.69) is 21.2 Å². The average molecular weight is 359 g/mol. The van der Waals surface area contributed by atoms with Crippen molar-refractivity contribution in [1.29, 1.82) is 0 Å². The molecule has 1 saturated heterocycles. The number of hydrogen-bond acceptors (Lipinski definition) is 3. The molecule has 0 spiro atoms. The molecule has 0 saturated carbocycles. The van der Waals surface area contributed by atoms with Gasteiger partial charge in [-0.05, 0) is 50.6 Å². The van der Waals surface area contributed by atoms with Crippen molar-refractivity contribution in [1.82, 2.24) is 10.2 Å². The lowest BCUT2D eigenvalue weighted by Crippen LogP contribution is -2.44. The molecule has 2 rings (SSSR count). The topological polar surface area (TPSA) is 41.6 Å². The van der Waals surface area contributed by atoms with Crippen LogP contribution >= 0.6 is 15.9 Å². The van der Waals surface area contributed by atoms with E-state index in [1.807, 2.05) is 11.9 Å². The van der Waals surface area contributed by atoms with Crippen molar-refractivity contribution in [2.24, 2.45) is 5.92 Å². The van der Waals surface area contributed by atoms with Gasteiger partial charge in [0.05, 0.1) is 0 Å². The minimum Gasteiger partial charge on any atom is -0.481 e. The van der Waals surface area contributed by atoms with Crippen LogP contribution in [0, 0.1) is 11.7 Å². The Labute approximate surface area is 132 Å². The fourth-order valence-corrected chi connectivity index (χ4v) is 2.90. The second-order valence-corrected chi connectivity index (χ2v) is 6.18. The van der Waals surface area contributed by atoms with Crippen LogP contribution in [-0.2, 0) is 4.79 Å². The predicted molar refractivity (Wildman–Crippen MR) is 82.8 cm³/mol. The SMILES string of the molecule is CNC[C@H]1CCCN(C(=O)COc2ccc(Br)cc2F)C1. The number of ether oxygens (including phenoxy) is 1. The summed E-state index contributed by atoms with van der Waals surface area (Å²) in [5.74, 6) is 0.0365. The third-order valence-corrected chi connectivity index (χ3v) is 4.10. The standard InChI is InChI=1S/C15H20BrFN2O2/c1-18-8-11-3-2-6-19(9-11)15(20)10-21-14-5-4-12(16)7-13(14)17/h4-5,7,11,18H,2-3,6,8-10H2,1H3/t11-/m1/s1. The Morgan fingerprint density at radius 2 is 2.38 bits per heavy atom. The minimum atomic E-state index is -0.469. The number of carbonyl (C=O) groups excluding carboxylic acids is 1. The summed E-state index contributed by atoms with van der Waals surface area (Å²) >= 11 is 3.18. The highest BCUT2D eigenvalue weighted by Gasteiger charge is 2.23. The molecule has 116 valence electrons. The van der Waals surface area contributed by atoms with E-state index in [1.165, 1.54) is 12.1 Å². The maximum Gasteiger partial charge on any atom is 0.260 e. The number of nitrogens with zero attached hydrogens (tertiary/aromatic N) is 1. The lowest BCUT2D eigenvalue weighted by Gasteiger charge is -2.32. The highest BCUT2D eigenvalue weighted by molar-refractivity contribution is 9.10. The van der Waals surface area contributed by atoms with Crippen LogP contribution in [0.25, 0.3) is 0 Å². The second-order valence-electron chi connectivity index (χ2n) is 5.27. The summed E-state index contributed by atoms with van der Waals surface area (Å²) in [5.41, 5.74) is 0. The maximum absolute atomic E-state index is 13.6. The molecule has 0 aliphatic carbocycles. The summed E-state index contributed by atoms with van der Waals surface area (Å²) < 4.78 is 19.6. The van der Waals surface area contributed by atoms with Crippen molar-refractivity contribution in [3.05, 3.63) is 28.5 Å². The number of hydrogen-bond donors (Lipinski definition) is 1. The zero-order valence-electron chi connectivity index (χ0n) is 12.1. The van der Waals surface area contributed by atoms with E-state index >= 15 is 0 Å². The molecule has 1 aliphatic rings. The second kappa shape index (κ2) is 7.75. The quantitative estimate of drug-likeness (QED) is 0.878. The summed E-state index contributed by atoms with van der Waals surface area (Å²) in [6.45, 7) is 2.29. The summed E-state index contributed by atoms with van der Waals surface area (Å²) in [4.78, 5) is 14.0. The molecule has 0 aromatic heterocycles. The Morgan fingerprint density at radius 3 is 3.10 bits per heavy atom. The highest BCUT2D eigenvalue weighted by Crippen LogP contribution is 2.22. The number of benzene rings is 1. The van der Waals surface area contributed by atoms with Crippen molar-refractivity contribution in [3.8, 4) is 5.75 Å². The van der Waals surface area contributed by atoms with Gasteiger partial charge >= 0.3 is 0 Å². The van der Waals surface area contributed by atoms with Crippen molar-refractivity contribution in [2.45, 2.75) is 12.8 Å². The van der Waals surface area contributed by atoms with E-state index in [1.54, 1.807) is 6.07 Å². The van der Waals surface area contributed by atoms with Crippen LogP contribution < -0.4 is 10.1 Å². The Balaban J connectivity index is 1.86. The van der Waals surface area contributed by atoms with Crippen LogP contribution in [0.15, 0.2) is 22.7 Å². The fraction of sp³-hybridized carbons (Fsp3) is 0.533. The molecular formula is C15H20BrFN2O2. The largest absolute Gasteiger partial charge is 0.481 e. The molecule has 0 bridgehead atoms. The summed E-state index contributed by atoms with van der Waals surface area (Å²) in [6, 6.07) is 4.53. The highest BCUT2D eigenvalue weighted by atomic mass is 79.9. The number of piperidine rings is 1. The first kappa shape index (κ1) is 16.2. The van der Waals surface area contributed by atoms with Crippen molar-refractivity contribution < 1.29 is 13.9 Å². The molecule has 21 heavy (non-hydrogen) atoms. The Bertz CT molecular complexity index is 497. The van der Waals surface area contributed by atoms with Crippen LogP contribution in [0.2, 0.25) is 0 Å². The van der Waals surface area contributed by atoms with Crippen LogP contribution in [-0.4, -0.2) is 44.1 Å². The molecule has 1 heterocycles. The lowest BCUT2D eigenvalue weighted by molar-refractivity contribution is -0.135. The molecular weight excluding hydrogens is 339 g/mol. The van der Waals surface area contributed by atoms with Gasteiger partial charge in [0.1, 0.15) is 0 Å². The monoisotopic (exact) mass is 358 g/mol. The number of rotatable bonds is 5. The van der Waals surface area contributed by atoms with E-state index in [0.29, 0.717) is 10.4 Å². The Morgan fingerprint density at radius 1 is 1.57 bits per heavy atom. The summed E-state index contributed by atoms with van der Waals surface area (Å²) in [6.07, 6.45) is 2.14. The minimum absolute atomic E-state index is 0.0851. The lowest BCUT2D eigenvalue weighted by atomic mass is 9.98. The summed E-state index contributed by atoms with van der Waals surface area (Å²) in [7, 11) is 1.92. The van der Waals surface area contributed by atoms with Gasteiger partial charge in [-0.15, -0.1) is 0 Å². The smallest absolute Gasteiger partial charge is 0.260 e. The average Bonchev–Trinajstić information content (AvgIpc) is 2.47. The zero-order chi connectivity index (χ0) is 15.2. The van der Waals surface area contributed by atoms with Crippen molar-refractivity contribution >= 4 is 21.8 Å². The Hall–Kier alpha value is -1.14. The van der Waals surface area contributed by atoms with Gasteiger partial charge in [-0.1, -0.05) is 15.9 Å². The third-order valence-electron chi connectivity index (χ3n) is 3.61. The van der Waals surface area contributed by atoms with Crippen LogP contribution in [0.4, 0.5) is 4.39 Å². The molecule has 0 unspecified atom stereocenters. The van der Waals surface area contributed by atoms with E-state index in [0.717, 1.165) is 32.5 Å². The van der Waals surface area contributed by atoms with E-state index in [9.17, 15) is 9.18 Å². The van der Waals surface area contributed by atoms with Gasteiger partial charge in [0.15, 0.2) is 18.2 Å². The maximum atomic E-state index is 13.6. The van der Waals surface area contributed by atoms with Crippen molar-refractivity contribution in [2.75, 3.05) is 33.3 Å². The van der Waals surface area contributed by atoms with Gasteiger partial charge in [-0.3, -0.25) is 4.79 Å². The molecule has 1 amide bonds. The van der Waals surface area contributed by atoms with Crippen LogP contribution in [0.3, 0.4) is 0 Å². The number of likely N-dealkylation sites (tertiary alicyclic amines) is 1. The van der Waals surface area contributed by atoms with Crippen molar-refractivity contribution in [3.63, 3.8) is 0 Å². The molecule has 1 aromatic carbocycles. The fourth-order valence-electron chi connectivity index (χ4n) is 2.57. The molecule has 6 heteroatoms. The number of amides is 1. The third kappa shape index (κ3) is 4.68. The van der Waals surface area contributed by atoms with Gasteiger partial charge in [-0.25, -0.2) is 4.39 Å². The van der Waals surface area contributed by atoms with Gasteiger partial charge in [0.25, 0.3) is 5.91 Å². The van der Waals surface area contributed by atoms with Gasteiger partial charge in [0, 0.05) is 17.6 Å². The first-order chi connectivity index (χ1) is 10.1. The first-order valence-electron chi connectivity index (χ1n) is 7.10. The molecule has 1 aliphatic heterocycles. The van der Waals surface area contributed by atoms with Gasteiger partial charge in [0.2, 0.25) is 0 Å². The molecule has 1 fully saturated rings. The first-order valence-corrected chi connectivity index (χ1v) is 7.89. The van der Waals surface area contributed by atoms with Crippen LogP contribution in [0.1, 0.15) is 12.8 Å². The summed E-state index contributed by atoms with van der Waals surface area (Å²) in [5, 5.41) is 3.14. The Kier molecular flexibility index (Phi) is 5.99. The van der Waals surface area contributed by atoms with E-state index < -0.39 is 5.82 Å². The molecule has 4 nitrogen and oxygen atoms in total. The molecule has 0 radical (unpaired) electrons. The molecule has 1 aromatic rings. The van der Waals surface area contributed by atoms with Gasteiger partial charge < -0.3 is 15.0 Å². The molecule has 1 atom stereocenters. The number of nitrogens with one attached hydrogen (secondary N) is 1. The normalized spacial score (nSPS) is 18.6. The van der Waals surface area contributed by atoms with Gasteiger partial charge in [-0.2, -0.15) is 0 Å². The van der Waals surface area contributed by atoms with Crippen LogP contribution in [0.5, 0.6) is 5.75 Å². The zero-order valence-corrected chi connectivity index (χ0v) is 13.7. The number of carbonyl (C=O) groups is 1. The van der Waals surface area contributed by atoms with E-state index in [-0.39, 0.29) is 18.3 Å². The number of halogens is 2.